The van der Waals surface area contributed by atoms with Gasteiger partial charge in [-0.15, -0.1) is 0 Å². The van der Waals surface area contributed by atoms with Gasteiger partial charge in [-0.1, -0.05) is 29.8 Å². The third-order valence-corrected chi connectivity index (χ3v) is 3.20. The highest BCUT2D eigenvalue weighted by Crippen LogP contribution is 2.22. The van der Waals surface area contributed by atoms with Gasteiger partial charge in [0.1, 0.15) is 11.6 Å². The second-order valence-electron chi connectivity index (χ2n) is 4.70. The summed E-state index contributed by atoms with van der Waals surface area (Å²) in [6, 6.07) is 11.4. The molecule has 1 N–H and O–H groups in total. The molecule has 2 aromatic rings. The molecular weight excluding hydrogens is 244 g/mol. The molecule has 0 amide bonds. The Morgan fingerprint density at radius 2 is 1.89 bits per heavy atom. The molecule has 0 heterocycles. The zero-order valence-electron chi connectivity index (χ0n) is 11.1. The minimum absolute atomic E-state index is 0.238. The molecule has 0 aliphatic rings. The molecule has 1 unspecified atom stereocenters. The molecule has 19 heavy (non-hydrogen) atoms. The predicted octanol–water partition coefficient (Wildman–Crippen LogP) is 3.78. The van der Waals surface area contributed by atoms with Gasteiger partial charge in [-0.2, -0.15) is 0 Å². The van der Waals surface area contributed by atoms with Crippen LogP contribution in [0.25, 0.3) is 0 Å². The fourth-order valence-electron chi connectivity index (χ4n) is 2.22. The molecule has 0 spiro atoms. The van der Waals surface area contributed by atoms with E-state index in [0.29, 0.717) is 12.0 Å². The summed E-state index contributed by atoms with van der Waals surface area (Å²) in [5, 5.41) is 3.05. The first kappa shape index (κ1) is 13.7. The Balaban J connectivity index is 2.27. The Morgan fingerprint density at radius 1 is 1.11 bits per heavy atom. The van der Waals surface area contributed by atoms with Crippen LogP contribution >= 0.6 is 0 Å². The van der Waals surface area contributed by atoms with Gasteiger partial charge in [0.2, 0.25) is 0 Å². The van der Waals surface area contributed by atoms with Gasteiger partial charge in [0.25, 0.3) is 0 Å². The molecule has 0 bridgehead atoms. The second-order valence-corrected chi connectivity index (χ2v) is 4.70. The Labute approximate surface area is 112 Å². The second kappa shape index (κ2) is 5.93. The van der Waals surface area contributed by atoms with E-state index < -0.39 is 5.82 Å². The lowest BCUT2D eigenvalue weighted by molar-refractivity contribution is 0.523. The lowest BCUT2D eigenvalue weighted by Gasteiger charge is -2.18. The van der Waals surface area contributed by atoms with Crippen molar-refractivity contribution in [2.24, 2.45) is 0 Å². The quantitative estimate of drug-likeness (QED) is 0.883. The van der Waals surface area contributed by atoms with Crippen LogP contribution in [0.15, 0.2) is 42.5 Å². The maximum Gasteiger partial charge on any atom is 0.128 e. The van der Waals surface area contributed by atoms with E-state index in [1.165, 1.54) is 12.1 Å². The minimum Gasteiger partial charge on any atom is -0.313 e. The molecule has 1 nitrogen and oxygen atoms in total. The summed E-state index contributed by atoms with van der Waals surface area (Å²) in [5.41, 5.74) is 2.62. The van der Waals surface area contributed by atoms with Crippen LogP contribution in [0.4, 0.5) is 8.78 Å². The van der Waals surface area contributed by atoms with Gasteiger partial charge in [-0.05, 0) is 44.2 Å². The molecular formula is C16H17F2N. The predicted molar refractivity (Wildman–Crippen MR) is 73.0 cm³/mol. The average molecular weight is 261 g/mol. The molecule has 0 aliphatic carbocycles. The highest BCUT2D eigenvalue weighted by atomic mass is 19.1. The number of rotatable bonds is 4. The summed E-state index contributed by atoms with van der Waals surface area (Å²) < 4.78 is 27.0. The van der Waals surface area contributed by atoms with Gasteiger partial charge >= 0.3 is 0 Å². The summed E-state index contributed by atoms with van der Waals surface area (Å²) in [6.07, 6.45) is 0.624. The molecule has 0 aliphatic heterocycles. The number of halogens is 2. The van der Waals surface area contributed by atoms with E-state index in [1.807, 2.05) is 25.1 Å². The molecule has 100 valence electrons. The average Bonchev–Trinajstić information content (AvgIpc) is 2.39. The zero-order valence-corrected chi connectivity index (χ0v) is 11.1. The van der Waals surface area contributed by atoms with Crippen LogP contribution in [0.2, 0.25) is 0 Å². The standard InChI is InChI=1S/C16H17F2N/c1-11-4-3-5-12(8-11)9-16(19-2)14-10-13(17)6-7-15(14)18/h3-8,10,16,19H,9H2,1-2H3. The Bertz CT molecular complexity index is 566. The molecule has 2 rings (SSSR count). The van der Waals surface area contributed by atoms with Crippen LogP contribution in [-0.2, 0) is 6.42 Å². The van der Waals surface area contributed by atoms with Gasteiger partial charge in [0.05, 0.1) is 0 Å². The van der Waals surface area contributed by atoms with Gasteiger partial charge in [0.15, 0.2) is 0 Å². The molecule has 3 heteroatoms. The van der Waals surface area contributed by atoms with E-state index in [-0.39, 0.29) is 11.9 Å². The van der Waals surface area contributed by atoms with Crippen molar-refractivity contribution < 1.29 is 8.78 Å². The normalized spacial score (nSPS) is 12.4. The summed E-state index contributed by atoms with van der Waals surface area (Å²) in [7, 11) is 1.75. The maximum absolute atomic E-state index is 13.8. The molecule has 0 radical (unpaired) electrons. The topological polar surface area (TPSA) is 12.0 Å². The summed E-state index contributed by atoms with van der Waals surface area (Å²) >= 11 is 0. The summed E-state index contributed by atoms with van der Waals surface area (Å²) in [4.78, 5) is 0. The molecule has 2 aromatic carbocycles. The third kappa shape index (κ3) is 3.38. The van der Waals surface area contributed by atoms with Crippen molar-refractivity contribution in [3.63, 3.8) is 0 Å². The van der Waals surface area contributed by atoms with Gasteiger partial charge in [0, 0.05) is 11.6 Å². The maximum atomic E-state index is 13.8. The molecule has 0 aromatic heterocycles. The highest BCUT2D eigenvalue weighted by Gasteiger charge is 2.15. The molecule has 1 atom stereocenters. The zero-order chi connectivity index (χ0) is 13.8. The fraction of sp³-hybridized carbons (Fsp3) is 0.250. The van der Waals surface area contributed by atoms with E-state index in [2.05, 4.69) is 11.4 Å². The van der Waals surface area contributed by atoms with Crippen LogP contribution in [0, 0.1) is 18.6 Å². The number of aryl methyl sites for hydroxylation is 1. The lowest BCUT2D eigenvalue weighted by Crippen LogP contribution is -2.20. The number of nitrogens with one attached hydrogen (secondary N) is 1. The Hall–Kier alpha value is -1.74. The van der Waals surface area contributed by atoms with Crippen molar-refractivity contribution in [1.82, 2.24) is 5.32 Å². The van der Waals surface area contributed by atoms with Gasteiger partial charge in [-0.25, -0.2) is 8.78 Å². The number of likely N-dealkylation sites (N-methyl/N-ethyl adjacent to an activating group) is 1. The largest absolute Gasteiger partial charge is 0.313 e. The first-order valence-electron chi connectivity index (χ1n) is 6.28. The molecule has 0 fully saturated rings. The van der Waals surface area contributed by atoms with Crippen LogP contribution in [-0.4, -0.2) is 7.05 Å². The first-order valence-corrected chi connectivity index (χ1v) is 6.28. The SMILES string of the molecule is CNC(Cc1cccc(C)c1)c1cc(F)ccc1F. The minimum atomic E-state index is -0.416. The summed E-state index contributed by atoms with van der Waals surface area (Å²) in [5.74, 6) is -0.797. The van der Waals surface area contributed by atoms with E-state index in [1.54, 1.807) is 7.05 Å². The van der Waals surface area contributed by atoms with Crippen molar-refractivity contribution in [1.29, 1.82) is 0 Å². The smallest absolute Gasteiger partial charge is 0.128 e. The van der Waals surface area contributed by atoms with Crippen molar-refractivity contribution in [2.45, 2.75) is 19.4 Å². The molecule has 0 saturated carbocycles. The number of benzene rings is 2. The van der Waals surface area contributed by atoms with E-state index >= 15 is 0 Å². The Morgan fingerprint density at radius 3 is 2.58 bits per heavy atom. The highest BCUT2D eigenvalue weighted by molar-refractivity contribution is 5.27. The van der Waals surface area contributed by atoms with Crippen molar-refractivity contribution in [3.8, 4) is 0 Å². The van der Waals surface area contributed by atoms with Crippen molar-refractivity contribution in [2.75, 3.05) is 7.05 Å². The number of hydrogen-bond donors (Lipinski definition) is 1. The number of hydrogen-bond acceptors (Lipinski definition) is 1. The van der Waals surface area contributed by atoms with E-state index in [4.69, 9.17) is 0 Å². The molecule has 0 saturated heterocycles. The summed E-state index contributed by atoms with van der Waals surface area (Å²) in [6.45, 7) is 2.01. The lowest BCUT2D eigenvalue weighted by atomic mass is 9.97. The fourth-order valence-corrected chi connectivity index (χ4v) is 2.22. The van der Waals surface area contributed by atoms with Gasteiger partial charge < -0.3 is 5.32 Å². The van der Waals surface area contributed by atoms with Crippen molar-refractivity contribution >= 4 is 0 Å². The van der Waals surface area contributed by atoms with Crippen LogP contribution in [0.3, 0.4) is 0 Å². The van der Waals surface area contributed by atoms with Crippen LogP contribution in [0.1, 0.15) is 22.7 Å². The monoisotopic (exact) mass is 261 g/mol. The Kier molecular flexibility index (Phi) is 4.27. The van der Waals surface area contributed by atoms with E-state index in [9.17, 15) is 8.78 Å². The van der Waals surface area contributed by atoms with Crippen molar-refractivity contribution in [3.05, 3.63) is 70.8 Å². The van der Waals surface area contributed by atoms with Gasteiger partial charge in [-0.3, -0.25) is 0 Å². The van der Waals surface area contributed by atoms with E-state index in [0.717, 1.165) is 17.2 Å². The third-order valence-electron chi connectivity index (χ3n) is 3.20. The van der Waals surface area contributed by atoms with Crippen LogP contribution in [0.5, 0.6) is 0 Å². The van der Waals surface area contributed by atoms with Crippen LogP contribution < -0.4 is 5.32 Å². The first-order chi connectivity index (χ1) is 9.10.